The summed E-state index contributed by atoms with van der Waals surface area (Å²) in [7, 11) is 0. The second kappa shape index (κ2) is 6.34. The van der Waals surface area contributed by atoms with Crippen molar-refractivity contribution in [3.05, 3.63) is 42.6 Å². The van der Waals surface area contributed by atoms with E-state index in [1.54, 1.807) is 24.4 Å². The first-order valence-corrected chi connectivity index (χ1v) is 7.29. The number of carbonyl (C=O) groups is 1. The van der Waals surface area contributed by atoms with Gasteiger partial charge in [-0.1, -0.05) is 0 Å². The van der Waals surface area contributed by atoms with Crippen molar-refractivity contribution in [2.24, 2.45) is 0 Å². The van der Waals surface area contributed by atoms with Gasteiger partial charge in [-0.3, -0.25) is 0 Å². The molecule has 1 aromatic carbocycles. The van der Waals surface area contributed by atoms with E-state index in [2.05, 4.69) is 20.5 Å². The molecule has 0 bridgehead atoms. The van der Waals surface area contributed by atoms with Crippen molar-refractivity contribution in [1.82, 2.24) is 4.98 Å². The van der Waals surface area contributed by atoms with Crippen LogP contribution in [-0.2, 0) is 0 Å². The van der Waals surface area contributed by atoms with Gasteiger partial charge >= 0.3 is 6.03 Å². The Morgan fingerprint density at radius 1 is 1.09 bits per heavy atom. The molecule has 0 spiro atoms. The van der Waals surface area contributed by atoms with Crippen LogP contribution in [-0.4, -0.2) is 29.2 Å². The normalized spacial score (nSPS) is 13.9. The predicted octanol–water partition coefficient (Wildman–Crippen LogP) is 3.03. The lowest BCUT2D eigenvalue weighted by atomic mass is 10.3. The quantitative estimate of drug-likeness (QED) is 0.761. The summed E-state index contributed by atoms with van der Waals surface area (Å²) in [6.45, 7) is 1.93. The van der Waals surface area contributed by atoms with E-state index >= 15 is 0 Å². The van der Waals surface area contributed by atoms with Crippen molar-refractivity contribution in [3.63, 3.8) is 0 Å². The molecule has 1 aliphatic rings. The molecule has 22 heavy (non-hydrogen) atoms. The van der Waals surface area contributed by atoms with Gasteiger partial charge in [0.1, 0.15) is 5.75 Å². The van der Waals surface area contributed by atoms with Gasteiger partial charge in [-0.25, -0.2) is 9.78 Å². The molecule has 0 saturated carbocycles. The monoisotopic (exact) mass is 298 g/mol. The second-order valence-corrected chi connectivity index (χ2v) is 5.19. The average molecular weight is 298 g/mol. The average Bonchev–Trinajstić information content (AvgIpc) is 3.04. The minimum atomic E-state index is -0.334. The first kappa shape index (κ1) is 14.2. The molecule has 1 fully saturated rings. The van der Waals surface area contributed by atoms with Crippen LogP contribution in [0, 0.1) is 0 Å². The number of urea groups is 1. The van der Waals surface area contributed by atoms with Crippen molar-refractivity contribution >= 4 is 23.2 Å². The van der Waals surface area contributed by atoms with Crippen LogP contribution in [0.2, 0.25) is 0 Å². The molecule has 6 nitrogen and oxygen atoms in total. The summed E-state index contributed by atoms with van der Waals surface area (Å²) in [5, 5.41) is 14.8. The number of pyridine rings is 1. The first-order valence-electron chi connectivity index (χ1n) is 7.29. The van der Waals surface area contributed by atoms with E-state index in [0.717, 1.165) is 31.7 Å². The van der Waals surface area contributed by atoms with Crippen LogP contribution in [0.4, 0.5) is 22.0 Å². The van der Waals surface area contributed by atoms with Crippen LogP contribution in [0.3, 0.4) is 0 Å². The lowest BCUT2D eigenvalue weighted by molar-refractivity contribution is 0.262. The highest BCUT2D eigenvalue weighted by molar-refractivity contribution is 6.01. The van der Waals surface area contributed by atoms with Gasteiger partial charge in [0.05, 0.1) is 5.69 Å². The number of nitrogens with one attached hydrogen (secondary N) is 2. The zero-order chi connectivity index (χ0) is 15.4. The summed E-state index contributed by atoms with van der Waals surface area (Å²) >= 11 is 0. The first-order chi connectivity index (χ1) is 10.7. The maximum atomic E-state index is 12.1. The van der Waals surface area contributed by atoms with Crippen LogP contribution in [0.15, 0.2) is 42.6 Å². The van der Waals surface area contributed by atoms with Crippen molar-refractivity contribution in [2.75, 3.05) is 28.6 Å². The molecule has 1 aliphatic heterocycles. The number of nitrogens with zero attached hydrogens (tertiary/aromatic N) is 2. The van der Waals surface area contributed by atoms with E-state index < -0.39 is 0 Å². The number of phenols is 1. The molecule has 0 atom stereocenters. The number of hydrogen-bond donors (Lipinski definition) is 3. The zero-order valence-corrected chi connectivity index (χ0v) is 12.1. The number of benzene rings is 1. The maximum Gasteiger partial charge on any atom is 0.323 e. The number of anilines is 3. The number of hydrogen-bond acceptors (Lipinski definition) is 4. The molecule has 0 unspecified atom stereocenters. The van der Waals surface area contributed by atoms with Crippen molar-refractivity contribution < 1.29 is 9.90 Å². The van der Waals surface area contributed by atoms with Crippen LogP contribution < -0.4 is 15.5 Å². The fourth-order valence-corrected chi connectivity index (χ4v) is 2.50. The summed E-state index contributed by atoms with van der Waals surface area (Å²) in [6, 6.07) is 9.63. The van der Waals surface area contributed by atoms with E-state index in [9.17, 15) is 9.90 Å². The standard InChI is InChI=1S/C16H18N4O2/c21-13-7-5-12(6-8-13)18-16(22)19-14-4-3-9-17-15(14)20-10-1-2-11-20/h3-9,21H,1-2,10-11H2,(H2,18,19,22). The minimum absolute atomic E-state index is 0.162. The predicted molar refractivity (Wildman–Crippen MR) is 86.4 cm³/mol. The number of aromatic nitrogens is 1. The van der Waals surface area contributed by atoms with E-state index in [1.165, 1.54) is 12.1 Å². The van der Waals surface area contributed by atoms with Crippen LogP contribution in [0.25, 0.3) is 0 Å². The molecule has 0 aliphatic carbocycles. The molecule has 2 aromatic rings. The SMILES string of the molecule is O=C(Nc1ccc(O)cc1)Nc1cccnc1N1CCCC1. The van der Waals surface area contributed by atoms with Gasteiger partial charge in [0.2, 0.25) is 0 Å². The summed E-state index contributed by atoms with van der Waals surface area (Å²) in [6.07, 6.45) is 4.03. The lowest BCUT2D eigenvalue weighted by Crippen LogP contribution is -2.24. The second-order valence-electron chi connectivity index (χ2n) is 5.19. The fraction of sp³-hybridized carbons (Fsp3) is 0.250. The molecular formula is C16H18N4O2. The smallest absolute Gasteiger partial charge is 0.323 e. The highest BCUT2D eigenvalue weighted by atomic mass is 16.3. The van der Waals surface area contributed by atoms with Crippen LogP contribution in [0.1, 0.15) is 12.8 Å². The topological polar surface area (TPSA) is 77.5 Å². The summed E-state index contributed by atoms with van der Waals surface area (Å²) < 4.78 is 0. The van der Waals surface area contributed by atoms with E-state index in [4.69, 9.17) is 0 Å². The Balaban J connectivity index is 1.69. The van der Waals surface area contributed by atoms with E-state index in [1.807, 2.05) is 6.07 Å². The van der Waals surface area contributed by atoms with Gasteiger partial charge in [-0.15, -0.1) is 0 Å². The molecule has 1 saturated heterocycles. The van der Waals surface area contributed by atoms with Gasteiger partial charge in [0, 0.05) is 25.0 Å². The summed E-state index contributed by atoms with van der Waals surface area (Å²) in [5.41, 5.74) is 1.31. The Hall–Kier alpha value is -2.76. The third kappa shape index (κ3) is 3.28. The lowest BCUT2D eigenvalue weighted by Gasteiger charge is -2.20. The Labute approximate surface area is 128 Å². The summed E-state index contributed by atoms with van der Waals surface area (Å²) in [4.78, 5) is 18.7. The Morgan fingerprint density at radius 2 is 1.82 bits per heavy atom. The molecular weight excluding hydrogens is 280 g/mol. The van der Waals surface area contributed by atoms with Crippen molar-refractivity contribution in [1.29, 1.82) is 0 Å². The molecule has 2 amide bonds. The molecule has 114 valence electrons. The molecule has 0 radical (unpaired) electrons. The molecule has 1 aromatic heterocycles. The number of aromatic hydroxyl groups is 1. The Morgan fingerprint density at radius 3 is 2.55 bits per heavy atom. The van der Waals surface area contributed by atoms with Gasteiger partial charge < -0.3 is 20.6 Å². The Kier molecular flexibility index (Phi) is 4.09. The number of rotatable bonds is 3. The Bertz CT molecular complexity index is 651. The molecule has 3 N–H and O–H groups in total. The van der Waals surface area contributed by atoms with Gasteiger partial charge in [-0.2, -0.15) is 0 Å². The summed E-state index contributed by atoms with van der Waals surface area (Å²) in [5.74, 6) is 0.968. The van der Waals surface area contributed by atoms with E-state index in [-0.39, 0.29) is 11.8 Å². The van der Waals surface area contributed by atoms with Crippen molar-refractivity contribution in [3.8, 4) is 5.75 Å². The maximum absolute atomic E-state index is 12.1. The van der Waals surface area contributed by atoms with Gasteiger partial charge in [0.25, 0.3) is 0 Å². The third-order valence-electron chi connectivity index (χ3n) is 3.57. The van der Waals surface area contributed by atoms with Gasteiger partial charge in [-0.05, 0) is 49.2 Å². The van der Waals surface area contributed by atoms with E-state index in [0.29, 0.717) is 11.4 Å². The molecule has 2 heterocycles. The number of phenolic OH excluding ortho intramolecular Hbond substituents is 1. The highest BCUT2D eigenvalue weighted by Crippen LogP contribution is 2.26. The number of amides is 2. The fourth-order valence-electron chi connectivity index (χ4n) is 2.50. The largest absolute Gasteiger partial charge is 0.508 e. The number of carbonyl (C=O) groups excluding carboxylic acids is 1. The van der Waals surface area contributed by atoms with Crippen LogP contribution >= 0.6 is 0 Å². The minimum Gasteiger partial charge on any atom is -0.508 e. The third-order valence-corrected chi connectivity index (χ3v) is 3.57. The zero-order valence-electron chi connectivity index (χ0n) is 12.1. The highest BCUT2D eigenvalue weighted by Gasteiger charge is 2.17. The van der Waals surface area contributed by atoms with Crippen LogP contribution in [0.5, 0.6) is 5.75 Å². The molecule has 6 heteroatoms. The van der Waals surface area contributed by atoms with Crippen molar-refractivity contribution in [2.45, 2.75) is 12.8 Å². The molecule has 3 rings (SSSR count). The van der Waals surface area contributed by atoms with Gasteiger partial charge in [0.15, 0.2) is 5.82 Å².